The Hall–Kier alpha value is -1.55. The van der Waals surface area contributed by atoms with Crippen molar-refractivity contribution < 1.29 is 9.53 Å². The summed E-state index contributed by atoms with van der Waals surface area (Å²) in [6.45, 7) is 8.43. The van der Waals surface area contributed by atoms with Gasteiger partial charge in [-0.05, 0) is 57.9 Å². The van der Waals surface area contributed by atoms with E-state index in [-0.39, 0.29) is 18.4 Å². The summed E-state index contributed by atoms with van der Waals surface area (Å²) < 4.78 is 5.39. The van der Waals surface area contributed by atoms with Crippen LogP contribution in [0.25, 0.3) is 0 Å². The van der Waals surface area contributed by atoms with Crippen LogP contribution < -0.4 is 10.1 Å². The summed E-state index contributed by atoms with van der Waals surface area (Å²) in [4.78, 5) is 16.2. The maximum absolute atomic E-state index is 11.9. The molecule has 4 nitrogen and oxygen atoms in total. The number of rotatable bonds is 2. The normalized spacial score (nSPS) is 14.2. The summed E-state index contributed by atoms with van der Waals surface area (Å²) in [5.41, 5.74) is 1.56. The zero-order chi connectivity index (χ0) is 14.8. The zero-order valence-electron chi connectivity index (χ0n) is 13.0. The molecule has 0 atom stereocenters. The number of benzene rings is 1. The van der Waals surface area contributed by atoms with Gasteiger partial charge in [0, 0.05) is 18.7 Å². The quantitative estimate of drug-likeness (QED) is 0.664. The molecule has 0 unspecified atom stereocenters. The summed E-state index contributed by atoms with van der Waals surface area (Å²) in [5.74, 6) is 1.40. The molecule has 1 aromatic rings. The van der Waals surface area contributed by atoms with Crippen LogP contribution in [0.3, 0.4) is 0 Å². The molecule has 0 radical (unpaired) electrons. The van der Waals surface area contributed by atoms with Crippen LogP contribution in [-0.2, 0) is 4.79 Å². The third kappa shape index (κ3) is 4.74. The maximum atomic E-state index is 11.9. The molecular formula is C16H23ClN2O2. The van der Waals surface area contributed by atoms with E-state index < -0.39 is 5.41 Å². The van der Waals surface area contributed by atoms with Gasteiger partial charge in [0.25, 0.3) is 0 Å². The Morgan fingerprint density at radius 3 is 2.57 bits per heavy atom. The van der Waals surface area contributed by atoms with E-state index in [1.165, 1.54) is 0 Å². The molecule has 0 saturated heterocycles. The number of hydrogen-bond donors (Lipinski definition) is 1. The first-order chi connectivity index (χ1) is 9.36. The molecule has 0 fully saturated rings. The number of nitrogens with one attached hydrogen (secondary N) is 1. The monoisotopic (exact) mass is 310 g/mol. The molecule has 1 heterocycles. The van der Waals surface area contributed by atoms with Crippen LogP contribution in [0.15, 0.2) is 23.2 Å². The number of aliphatic imine (C=N–C) groups is 1. The Bertz CT molecular complexity index is 548. The van der Waals surface area contributed by atoms with E-state index in [1.54, 1.807) is 0 Å². The van der Waals surface area contributed by atoms with Gasteiger partial charge in [-0.15, -0.1) is 12.4 Å². The third-order valence-corrected chi connectivity index (χ3v) is 3.17. The Morgan fingerprint density at radius 2 is 2.05 bits per heavy atom. The number of carbonyl (C=O) groups excluding carboxylic acids is 1. The van der Waals surface area contributed by atoms with Crippen LogP contribution >= 0.6 is 12.4 Å². The first-order valence-electron chi connectivity index (χ1n) is 6.99. The van der Waals surface area contributed by atoms with Gasteiger partial charge in [-0.25, -0.2) is 0 Å². The van der Waals surface area contributed by atoms with Crippen molar-refractivity contribution in [3.05, 3.63) is 23.8 Å². The fourth-order valence-electron chi connectivity index (χ4n) is 1.90. The number of carbonyl (C=O) groups is 1. The molecule has 1 aromatic carbocycles. The lowest BCUT2D eigenvalue weighted by molar-refractivity contribution is -0.142. The third-order valence-electron chi connectivity index (χ3n) is 3.17. The number of nitrogens with zero attached hydrogens (tertiary/aromatic N) is 1. The van der Waals surface area contributed by atoms with Crippen LogP contribution in [-0.4, -0.2) is 18.3 Å². The molecule has 21 heavy (non-hydrogen) atoms. The Kier molecular flexibility index (Phi) is 5.78. The summed E-state index contributed by atoms with van der Waals surface area (Å²) in [7, 11) is 0. The molecule has 1 N–H and O–H groups in total. The molecule has 1 aliphatic rings. The van der Waals surface area contributed by atoms with E-state index in [9.17, 15) is 4.79 Å². The predicted molar refractivity (Wildman–Crippen MR) is 88.7 cm³/mol. The van der Waals surface area contributed by atoms with Crippen molar-refractivity contribution >= 4 is 29.9 Å². The maximum Gasteiger partial charge on any atom is 0.316 e. The number of halogens is 1. The molecule has 0 aliphatic carbocycles. The Morgan fingerprint density at radius 1 is 1.33 bits per heavy atom. The van der Waals surface area contributed by atoms with Crippen LogP contribution in [0.4, 0.5) is 5.69 Å². The minimum atomic E-state index is -0.497. The number of amidine groups is 1. The van der Waals surface area contributed by atoms with Gasteiger partial charge in [0.15, 0.2) is 0 Å². The first-order valence-corrected chi connectivity index (χ1v) is 6.99. The lowest BCUT2D eigenvalue weighted by atomic mass is 9.97. The highest BCUT2D eigenvalue weighted by Crippen LogP contribution is 2.25. The highest BCUT2D eigenvalue weighted by Gasteiger charge is 2.23. The Labute approximate surface area is 132 Å². The van der Waals surface area contributed by atoms with Gasteiger partial charge in [0.1, 0.15) is 11.6 Å². The van der Waals surface area contributed by atoms with E-state index in [4.69, 9.17) is 4.74 Å². The minimum Gasteiger partial charge on any atom is -0.426 e. The van der Waals surface area contributed by atoms with E-state index in [0.717, 1.165) is 36.5 Å². The second-order valence-corrected chi connectivity index (χ2v) is 6.17. The molecule has 1 aliphatic heterocycles. The van der Waals surface area contributed by atoms with Crippen molar-refractivity contribution in [3.63, 3.8) is 0 Å². The summed E-state index contributed by atoms with van der Waals surface area (Å²) in [6.07, 6.45) is 2.11. The van der Waals surface area contributed by atoms with Crippen molar-refractivity contribution in [2.24, 2.45) is 10.4 Å². The topological polar surface area (TPSA) is 50.7 Å². The second-order valence-electron chi connectivity index (χ2n) is 6.17. The number of anilines is 1. The van der Waals surface area contributed by atoms with E-state index in [2.05, 4.69) is 10.3 Å². The van der Waals surface area contributed by atoms with Gasteiger partial charge < -0.3 is 10.1 Å². The zero-order valence-corrected chi connectivity index (χ0v) is 13.8. The second kappa shape index (κ2) is 6.94. The number of esters is 1. The average molecular weight is 311 g/mol. The summed E-state index contributed by atoms with van der Waals surface area (Å²) in [5, 5.41) is 3.33. The van der Waals surface area contributed by atoms with Crippen molar-refractivity contribution in [3.8, 4) is 5.75 Å². The molecule has 2 rings (SSSR count). The average Bonchev–Trinajstić information content (AvgIpc) is 2.84. The highest BCUT2D eigenvalue weighted by atomic mass is 35.5. The lowest BCUT2D eigenvalue weighted by Gasteiger charge is -2.17. The van der Waals surface area contributed by atoms with Crippen LogP contribution in [0, 0.1) is 12.3 Å². The number of hydrogen-bond acceptors (Lipinski definition) is 4. The fourth-order valence-corrected chi connectivity index (χ4v) is 1.90. The molecule has 0 amide bonds. The molecule has 0 saturated carbocycles. The molecule has 5 heteroatoms. The van der Waals surface area contributed by atoms with Crippen molar-refractivity contribution in [2.45, 2.75) is 40.5 Å². The van der Waals surface area contributed by atoms with Gasteiger partial charge in [-0.3, -0.25) is 9.79 Å². The SMILES string of the molecule is Cc1cc(OC(=O)C(C)(C)C)ccc1NC1=NCCC1.Cl. The molecule has 0 aromatic heterocycles. The smallest absolute Gasteiger partial charge is 0.316 e. The fraction of sp³-hybridized carbons (Fsp3) is 0.500. The van der Waals surface area contributed by atoms with Gasteiger partial charge in [0.2, 0.25) is 0 Å². The predicted octanol–water partition coefficient (Wildman–Crippen LogP) is 3.97. The first kappa shape index (κ1) is 17.5. The number of ether oxygens (including phenoxy) is 1. The molecule has 0 bridgehead atoms. The summed E-state index contributed by atoms with van der Waals surface area (Å²) >= 11 is 0. The minimum absolute atomic E-state index is 0. The van der Waals surface area contributed by atoms with Gasteiger partial charge >= 0.3 is 5.97 Å². The van der Waals surface area contributed by atoms with Crippen molar-refractivity contribution in [1.82, 2.24) is 0 Å². The standard InChI is InChI=1S/C16H22N2O2.ClH/c1-11-10-12(20-15(19)16(2,3)4)7-8-13(11)18-14-6-5-9-17-14;/h7-8,10H,5-6,9H2,1-4H3,(H,17,18);1H. The van der Waals surface area contributed by atoms with Crippen molar-refractivity contribution in [2.75, 3.05) is 11.9 Å². The van der Waals surface area contributed by atoms with Crippen LogP contribution in [0.5, 0.6) is 5.75 Å². The van der Waals surface area contributed by atoms with Crippen molar-refractivity contribution in [1.29, 1.82) is 0 Å². The largest absolute Gasteiger partial charge is 0.426 e. The van der Waals surface area contributed by atoms with E-state index in [0.29, 0.717) is 5.75 Å². The van der Waals surface area contributed by atoms with Gasteiger partial charge in [0.05, 0.1) is 5.41 Å². The van der Waals surface area contributed by atoms with Crippen LogP contribution in [0.1, 0.15) is 39.2 Å². The summed E-state index contributed by atoms with van der Waals surface area (Å²) in [6, 6.07) is 5.62. The number of aryl methyl sites for hydroxylation is 1. The molecule has 0 spiro atoms. The van der Waals surface area contributed by atoms with E-state index >= 15 is 0 Å². The molecule has 116 valence electrons. The van der Waals surface area contributed by atoms with Gasteiger partial charge in [-0.2, -0.15) is 0 Å². The lowest BCUT2D eigenvalue weighted by Crippen LogP contribution is -2.25. The van der Waals surface area contributed by atoms with Crippen LogP contribution in [0.2, 0.25) is 0 Å². The van der Waals surface area contributed by atoms with E-state index in [1.807, 2.05) is 45.9 Å². The molecular weight excluding hydrogens is 288 g/mol. The highest BCUT2D eigenvalue weighted by molar-refractivity contribution is 5.97. The van der Waals surface area contributed by atoms with Gasteiger partial charge in [-0.1, -0.05) is 0 Å². The Balaban J connectivity index is 0.00000220.